The number of aryl methyl sites for hydroxylation is 1. The van der Waals surface area contributed by atoms with E-state index in [9.17, 15) is 0 Å². The molecule has 1 aromatic heterocycles. The summed E-state index contributed by atoms with van der Waals surface area (Å²) in [6.07, 6.45) is 4.08. The normalized spacial score (nSPS) is 21.2. The minimum Gasteiger partial charge on any atom is -0.319 e. The molecule has 1 saturated heterocycles. The highest BCUT2D eigenvalue weighted by molar-refractivity contribution is 4.87. The van der Waals surface area contributed by atoms with Gasteiger partial charge in [-0.25, -0.2) is 9.67 Å². The smallest absolute Gasteiger partial charge is 0.141 e. The van der Waals surface area contributed by atoms with E-state index in [-0.39, 0.29) is 0 Å². The first-order valence-electron chi connectivity index (χ1n) is 6.57. The van der Waals surface area contributed by atoms with Gasteiger partial charge in [-0.15, -0.1) is 0 Å². The molecule has 5 nitrogen and oxygen atoms in total. The van der Waals surface area contributed by atoms with Gasteiger partial charge in [0.05, 0.1) is 6.54 Å². The van der Waals surface area contributed by atoms with E-state index in [1.165, 1.54) is 19.5 Å². The summed E-state index contributed by atoms with van der Waals surface area (Å²) in [5, 5.41) is 7.53. The summed E-state index contributed by atoms with van der Waals surface area (Å²) in [6, 6.07) is 0. The van der Waals surface area contributed by atoms with Crippen molar-refractivity contribution in [2.24, 2.45) is 5.92 Å². The Hall–Kier alpha value is -0.940. The lowest BCUT2D eigenvalue weighted by Gasteiger charge is -2.15. The third-order valence-corrected chi connectivity index (χ3v) is 3.36. The Bertz CT molecular complexity index is 335. The molecule has 0 aromatic carbocycles. The molecule has 1 aliphatic rings. The van der Waals surface area contributed by atoms with Crippen LogP contribution < -0.4 is 5.32 Å². The van der Waals surface area contributed by atoms with Gasteiger partial charge in [-0.3, -0.25) is 4.90 Å². The Morgan fingerprint density at radius 2 is 2.41 bits per heavy atom. The van der Waals surface area contributed by atoms with E-state index in [4.69, 9.17) is 0 Å². The van der Waals surface area contributed by atoms with Crippen LogP contribution in [0.4, 0.5) is 0 Å². The van der Waals surface area contributed by atoms with Crippen LogP contribution in [0.3, 0.4) is 0 Å². The van der Waals surface area contributed by atoms with Crippen LogP contribution in [-0.4, -0.2) is 46.3 Å². The average Bonchev–Trinajstić information content (AvgIpc) is 2.91. The van der Waals surface area contributed by atoms with Gasteiger partial charge in [-0.2, -0.15) is 5.10 Å². The highest BCUT2D eigenvalue weighted by Crippen LogP contribution is 2.17. The van der Waals surface area contributed by atoms with E-state index in [0.29, 0.717) is 0 Å². The second-order valence-corrected chi connectivity index (χ2v) is 4.85. The fraction of sp³-hybridized carbons (Fsp3) is 0.833. The molecule has 1 atom stereocenters. The van der Waals surface area contributed by atoms with Crippen LogP contribution in [0.2, 0.25) is 0 Å². The molecule has 1 aromatic rings. The van der Waals surface area contributed by atoms with Gasteiger partial charge in [-0.1, -0.05) is 6.92 Å². The van der Waals surface area contributed by atoms with Crippen molar-refractivity contribution in [3.63, 3.8) is 0 Å². The number of hydrogen-bond donors (Lipinski definition) is 1. The first kappa shape index (κ1) is 12.5. The number of rotatable bonds is 6. The molecule has 96 valence electrons. The van der Waals surface area contributed by atoms with Crippen LogP contribution >= 0.6 is 0 Å². The van der Waals surface area contributed by atoms with Gasteiger partial charge in [0.25, 0.3) is 0 Å². The van der Waals surface area contributed by atoms with Gasteiger partial charge in [0, 0.05) is 13.1 Å². The summed E-state index contributed by atoms with van der Waals surface area (Å²) in [4.78, 5) is 6.85. The molecule has 1 fully saturated rings. The van der Waals surface area contributed by atoms with Crippen LogP contribution in [0, 0.1) is 5.92 Å². The largest absolute Gasteiger partial charge is 0.319 e. The van der Waals surface area contributed by atoms with E-state index in [0.717, 1.165) is 37.8 Å². The molecule has 1 N–H and O–H groups in total. The molecule has 1 unspecified atom stereocenters. The molecule has 5 heteroatoms. The highest BCUT2D eigenvalue weighted by Gasteiger charge is 2.22. The molecule has 1 aliphatic heterocycles. The van der Waals surface area contributed by atoms with Crippen molar-refractivity contribution in [2.45, 2.75) is 32.9 Å². The molecule has 17 heavy (non-hydrogen) atoms. The molecule has 2 heterocycles. The standard InChI is InChI=1S/C12H23N5/c1-3-5-17-12(14-10-15-17)9-16-6-4-11(8-16)7-13-2/h10-11,13H,3-9H2,1-2H3. The summed E-state index contributed by atoms with van der Waals surface area (Å²) in [5.41, 5.74) is 0. The summed E-state index contributed by atoms with van der Waals surface area (Å²) in [7, 11) is 2.03. The topological polar surface area (TPSA) is 46.0 Å². The summed E-state index contributed by atoms with van der Waals surface area (Å²) < 4.78 is 2.03. The Labute approximate surface area is 103 Å². The summed E-state index contributed by atoms with van der Waals surface area (Å²) in [6.45, 7) is 7.58. The number of nitrogens with one attached hydrogen (secondary N) is 1. The third kappa shape index (κ3) is 3.26. The predicted octanol–water partition coefficient (Wildman–Crippen LogP) is 0.729. The van der Waals surface area contributed by atoms with Crippen molar-refractivity contribution in [3.8, 4) is 0 Å². The van der Waals surface area contributed by atoms with Crippen LogP contribution in [0.1, 0.15) is 25.6 Å². The maximum absolute atomic E-state index is 4.36. The molecule has 0 amide bonds. The zero-order valence-electron chi connectivity index (χ0n) is 10.9. The first-order valence-corrected chi connectivity index (χ1v) is 6.57. The van der Waals surface area contributed by atoms with Gasteiger partial charge < -0.3 is 5.32 Å². The average molecular weight is 237 g/mol. The zero-order valence-corrected chi connectivity index (χ0v) is 10.9. The van der Waals surface area contributed by atoms with E-state index in [1.54, 1.807) is 6.33 Å². The van der Waals surface area contributed by atoms with Crippen LogP contribution in [0.25, 0.3) is 0 Å². The van der Waals surface area contributed by atoms with Gasteiger partial charge in [0.1, 0.15) is 12.2 Å². The minimum absolute atomic E-state index is 0.794. The number of aromatic nitrogens is 3. The van der Waals surface area contributed by atoms with E-state index in [2.05, 4.69) is 27.2 Å². The fourth-order valence-electron chi connectivity index (χ4n) is 2.52. The number of likely N-dealkylation sites (tertiary alicyclic amines) is 1. The molecule has 0 aliphatic carbocycles. The maximum Gasteiger partial charge on any atom is 0.141 e. The van der Waals surface area contributed by atoms with Crippen LogP contribution in [0.5, 0.6) is 0 Å². The van der Waals surface area contributed by atoms with Crippen molar-refractivity contribution >= 4 is 0 Å². The summed E-state index contributed by atoms with van der Waals surface area (Å²) in [5.74, 6) is 1.90. The van der Waals surface area contributed by atoms with Crippen molar-refractivity contribution < 1.29 is 0 Å². The maximum atomic E-state index is 4.36. The van der Waals surface area contributed by atoms with Gasteiger partial charge >= 0.3 is 0 Å². The van der Waals surface area contributed by atoms with E-state index < -0.39 is 0 Å². The number of hydrogen-bond acceptors (Lipinski definition) is 4. The van der Waals surface area contributed by atoms with E-state index >= 15 is 0 Å². The van der Waals surface area contributed by atoms with Crippen molar-refractivity contribution in [3.05, 3.63) is 12.2 Å². The van der Waals surface area contributed by atoms with Gasteiger partial charge in [-0.05, 0) is 38.9 Å². The lowest BCUT2D eigenvalue weighted by Crippen LogP contribution is -2.25. The molecule has 2 rings (SSSR count). The minimum atomic E-state index is 0.794. The monoisotopic (exact) mass is 237 g/mol. The lowest BCUT2D eigenvalue weighted by atomic mass is 10.1. The van der Waals surface area contributed by atoms with Crippen LogP contribution in [-0.2, 0) is 13.1 Å². The molecular formula is C12H23N5. The molecule has 0 radical (unpaired) electrons. The van der Waals surface area contributed by atoms with Crippen molar-refractivity contribution in [1.82, 2.24) is 25.0 Å². The van der Waals surface area contributed by atoms with Crippen molar-refractivity contribution in [1.29, 1.82) is 0 Å². The third-order valence-electron chi connectivity index (χ3n) is 3.36. The van der Waals surface area contributed by atoms with Crippen LogP contribution in [0.15, 0.2) is 6.33 Å². The predicted molar refractivity (Wildman–Crippen MR) is 67.6 cm³/mol. The van der Waals surface area contributed by atoms with Crippen molar-refractivity contribution in [2.75, 3.05) is 26.7 Å². The summed E-state index contributed by atoms with van der Waals surface area (Å²) >= 11 is 0. The Kier molecular flexibility index (Phi) is 4.50. The molecule has 0 spiro atoms. The Morgan fingerprint density at radius 1 is 1.53 bits per heavy atom. The highest BCUT2D eigenvalue weighted by atomic mass is 15.3. The zero-order chi connectivity index (χ0) is 12.1. The quantitative estimate of drug-likeness (QED) is 0.792. The molecule has 0 bridgehead atoms. The molecule has 0 saturated carbocycles. The first-order chi connectivity index (χ1) is 8.33. The lowest BCUT2D eigenvalue weighted by molar-refractivity contribution is 0.299. The van der Waals surface area contributed by atoms with E-state index in [1.807, 2.05) is 11.7 Å². The second-order valence-electron chi connectivity index (χ2n) is 4.85. The Morgan fingerprint density at radius 3 is 3.18 bits per heavy atom. The second kappa shape index (κ2) is 6.12. The fourth-order valence-corrected chi connectivity index (χ4v) is 2.52. The van der Waals surface area contributed by atoms with Gasteiger partial charge in [0.15, 0.2) is 0 Å². The molecular weight excluding hydrogens is 214 g/mol. The van der Waals surface area contributed by atoms with Gasteiger partial charge in [0.2, 0.25) is 0 Å². The Balaban J connectivity index is 1.86. The number of nitrogens with zero attached hydrogens (tertiary/aromatic N) is 4. The SMILES string of the molecule is CCCn1ncnc1CN1CCC(CNC)C1.